The van der Waals surface area contributed by atoms with E-state index in [1.54, 1.807) is 7.05 Å². The van der Waals surface area contributed by atoms with Gasteiger partial charge in [-0.25, -0.2) is 17.8 Å². The Kier molecular flexibility index (Phi) is 4.10. The van der Waals surface area contributed by atoms with Crippen LogP contribution in [0.4, 0.5) is 15.9 Å². The standard InChI is InChI=1S/C12H11ClFN3O2S/c1-15-12-11(3-2-4-16-12)20(18,19)17-10-6-8(13)5-9(14)7-10/h2-7,17H,1H3,(H,15,16). The first kappa shape index (κ1) is 14.5. The van der Waals surface area contributed by atoms with Crippen LogP contribution in [0, 0.1) is 5.82 Å². The first-order valence-electron chi connectivity index (χ1n) is 5.54. The van der Waals surface area contributed by atoms with Crippen LogP contribution in [0.1, 0.15) is 0 Å². The van der Waals surface area contributed by atoms with Crippen molar-refractivity contribution >= 4 is 33.1 Å². The van der Waals surface area contributed by atoms with Crippen molar-refractivity contribution in [3.05, 3.63) is 47.4 Å². The van der Waals surface area contributed by atoms with Crippen LogP contribution < -0.4 is 10.0 Å². The Morgan fingerprint density at radius 2 is 2.05 bits per heavy atom. The third kappa shape index (κ3) is 3.17. The lowest BCUT2D eigenvalue weighted by atomic mass is 10.3. The summed E-state index contributed by atoms with van der Waals surface area (Å²) in [6.07, 6.45) is 1.46. The molecule has 0 aliphatic heterocycles. The maximum atomic E-state index is 13.2. The lowest BCUT2D eigenvalue weighted by Crippen LogP contribution is -2.15. The number of nitrogens with zero attached hydrogens (tertiary/aromatic N) is 1. The largest absolute Gasteiger partial charge is 0.372 e. The van der Waals surface area contributed by atoms with E-state index in [0.717, 1.165) is 12.1 Å². The van der Waals surface area contributed by atoms with Crippen molar-refractivity contribution in [1.82, 2.24) is 4.98 Å². The summed E-state index contributed by atoms with van der Waals surface area (Å²) < 4.78 is 40.0. The molecule has 0 aliphatic rings. The molecule has 5 nitrogen and oxygen atoms in total. The third-order valence-corrected chi connectivity index (χ3v) is 4.04. The molecule has 8 heteroatoms. The second-order valence-corrected chi connectivity index (χ2v) is 5.95. The molecule has 0 bridgehead atoms. The highest BCUT2D eigenvalue weighted by molar-refractivity contribution is 7.92. The van der Waals surface area contributed by atoms with Gasteiger partial charge >= 0.3 is 0 Å². The Bertz CT molecular complexity index is 717. The smallest absolute Gasteiger partial charge is 0.265 e. The quantitative estimate of drug-likeness (QED) is 0.910. The van der Waals surface area contributed by atoms with Crippen molar-refractivity contribution in [3.63, 3.8) is 0 Å². The van der Waals surface area contributed by atoms with Gasteiger partial charge in [0.05, 0.1) is 5.69 Å². The predicted octanol–water partition coefficient (Wildman–Crippen LogP) is 2.72. The van der Waals surface area contributed by atoms with Gasteiger partial charge in [0.25, 0.3) is 10.0 Å². The molecule has 1 aromatic heterocycles. The molecule has 0 spiro atoms. The number of hydrogen-bond acceptors (Lipinski definition) is 4. The highest BCUT2D eigenvalue weighted by atomic mass is 35.5. The number of sulfonamides is 1. The molecular weight excluding hydrogens is 305 g/mol. The molecule has 0 atom stereocenters. The van der Waals surface area contributed by atoms with Gasteiger partial charge in [0.15, 0.2) is 0 Å². The Balaban J connectivity index is 2.41. The number of hydrogen-bond donors (Lipinski definition) is 2. The van der Waals surface area contributed by atoms with E-state index < -0.39 is 15.8 Å². The topological polar surface area (TPSA) is 71.1 Å². The average Bonchev–Trinajstić information content (AvgIpc) is 2.36. The van der Waals surface area contributed by atoms with E-state index in [4.69, 9.17) is 11.6 Å². The van der Waals surface area contributed by atoms with Crippen molar-refractivity contribution in [1.29, 1.82) is 0 Å². The van der Waals surface area contributed by atoms with Crippen molar-refractivity contribution in [2.24, 2.45) is 0 Å². The van der Waals surface area contributed by atoms with Crippen LogP contribution in [0.2, 0.25) is 5.02 Å². The van der Waals surface area contributed by atoms with Gasteiger partial charge < -0.3 is 5.32 Å². The fraction of sp³-hybridized carbons (Fsp3) is 0.0833. The van der Waals surface area contributed by atoms with Crippen LogP contribution >= 0.6 is 11.6 Å². The van der Waals surface area contributed by atoms with Crippen LogP contribution in [0.15, 0.2) is 41.4 Å². The molecule has 0 saturated carbocycles. The van der Waals surface area contributed by atoms with E-state index in [2.05, 4.69) is 15.0 Å². The molecule has 2 rings (SSSR count). The van der Waals surface area contributed by atoms with Crippen molar-refractivity contribution < 1.29 is 12.8 Å². The summed E-state index contributed by atoms with van der Waals surface area (Å²) in [4.78, 5) is 3.87. The van der Waals surface area contributed by atoms with E-state index in [-0.39, 0.29) is 21.4 Å². The fourth-order valence-corrected chi connectivity index (χ4v) is 3.04. The summed E-state index contributed by atoms with van der Waals surface area (Å²) in [5.74, 6) is -0.433. The van der Waals surface area contributed by atoms with Crippen molar-refractivity contribution in [3.8, 4) is 0 Å². The molecule has 0 radical (unpaired) electrons. The minimum absolute atomic E-state index is 0.0390. The lowest BCUT2D eigenvalue weighted by molar-refractivity contribution is 0.601. The van der Waals surface area contributed by atoms with E-state index in [9.17, 15) is 12.8 Å². The highest BCUT2D eigenvalue weighted by Gasteiger charge is 2.19. The zero-order valence-electron chi connectivity index (χ0n) is 10.4. The summed E-state index contributed by atoms with van der Waals surface area (Å²) in [7, 11) is -2.33. The number of rotatable bonds is 4. The number of nitrogens with one attached hydrogen (secondary N) is 2. The van der Waals surface area contributed by atoms with Gasteiger partial charge in [-0.05, 0) is 30.3 Å². The maximum Gasteiger partial charge on any atom is 0.265 e. The minimum atomic E-state index is -3.89. The summed E-state index contributed by atoms with van der Waals surface area (Å²) in [6, 6.07) is 6.33. The van der Waals surface area contributed by atoms with E-state index in [0.29, 0.717) is 0 Å². The van der Waals surface area contributed by atoms with Crippen molar-refractivity contribution in [2.75, 3.05) is 17.1 Å². The Morgan fingerprint density at radius 3 is 2.70 bits per heavy atom. The van der Waals surface area contributed by atoms with Gasteiger partial charge in [0.2, 0.25) is 0 Å². The van der Waals surface area contributed by atoms with E-state index >= 15 is 0 Å². The van der Waals surface area contributed by atoms with Crippen molar-refractivity contribution in [2.45, 2.75) is 4.90 Å². The van der Waals surface area contributed by atoms with Crippen LogP contribution in [0.3, 0.4) is 0 Å². The molecule has 2 aromatic rings. The number of halogens is 2. The summed E-state index contributed by atoms with van der Waals surface area (Å²) in [5, 5.41) is 2.78. The zero-order chi connectivity index (χ0) is 14.8. The van der Waals surface area contributed by atoms with Gasteiger partial charge in [-0.2, -0.15) is 0 Å². The monoisotopic (exact) mass is 315 g/mol. The molecule has 1 heterocycles. The van der Waals surface area contributed by atoms with E-state index in [1.165, 1.54) is 24.4 Å². The first-order valence-corrected chi connectivity index (χ1v) is 7.40. The molecule has 0 fully saturated rings. The zero-order valence-corrected chi connectivity index (χ0v) is 12.0. The fourth-order valence-electron chi connectivity index (χ4n) is 1.62. The lowest BCUT2D eigenvalue weighted by Gasteiger charge is -2.11. The summed E-state index contributed by atoms with van der Waals surface area (Å²) >= 11 is 5.68. The van der Waals surface area contributed by atoms with Crippen LogP contribution in [0.5, 0.6) is 0 Å². The van der Waals surface area contributed by atoms with Gasteiger partial charge in [0.1, 0.15) is 16.5 Å². The number of aromatic nitrogens is 1. The Morgan fingerprint density at radius 1 is 1.30 bits per heavy atom. The van der Waals surface area contributed by atoms with Gasteiger partial charge in [0, 0.05) is 18.3 Å². The van der Waals surface area contributed by atoms with Crippen LogP contribution in [-0.4, -0.2) is 20.4 Å². The number of anilines is 2. The molecule has 106 valence electrons. The normalized spacial score (nSPS) is 11.2. The van der Waals surface area contributed by atoms with Crippen LogP contribution in [-0.2, 0) is 10.0 Å². The predicted molar refractivity (Wildman–Crippen MR) is 76.0 cm³/mol. The Hall–Kier alpha value is -1.86. The van der Waals surface area contributed by atoms with Gasteiger partial charge in [-0.1, -0.05) is 11.6 Å². The highest BCUT2D eigenvalue weighted by Crippen LogP contribution is 2.24. The molecular formula is C12H11ClFN3O2S. The minimum Gasteiger partial charge on any atom is -0.372 e. The summed E-state index contributed by atoms with van der Waals surface area (Å²) in [5.41, 5.74) is 0.0425. The molecule has 0 aliphatic carbocycles. The molecule has 1 aromatic carbocycles. The second kappa shape index (κ2) is 5.64. The number of benzene rings is 1. The van der Waals surface area contributed by atoms with E-state index in [1.807, 2.05) is 0 Å². The average molecular weight is 316 g/mol. The molecule has 0 saturated heterocycles. The third-order valence-electron chi connectivity index (χ3n) is 2.41. The maximum absolute atomic E-state index is 13.2. The van der Waals surface area contributed by atoms with Crippen LogP contribution in [0.25, 0.3) is 0 Å². The SMILES string of the molecule is CNc1ncccc1S(=O)(=O)Nc1cc(F)cc(Cl)c1. The molecule has 0 unspecified atom stereocenters. The first-order chi connectivity index (χ1) is 9.42. The summed E-state index contributed by atoms with van der Waals surface area (Å²) in [6.45, 7) is 0. The Labute approximate surface area is 120 Å². The van der Waals surface area contributed by atoms with Gasteiger partial charge in [-0.3, -0.25) is 4.72 Å². The molecule has 20 heavy (non-hydrogen) atoms. The molecule has 2 N–H and O–H groups in total. The van der Waals surface area contributed by atoms with Gasteiger partial charge in [-0.15, -0.1) is 0 Å². The molecule has 0 amide bonds. The number of pyridine rings is 1. The second-order valence-electron chi connectivity index (χ2n) is 3.86.